The van der Waals surface area contributed by atoms with Gasteiger partial charge in [0.05, 0.1) is 18.1 Å². The van der Waals surface area contributed by atoms with Crippen molar-refractivity contribution in [1.82, 2.24) is 14.9 Å². The number of imidazole rings is 1. The van der Waals surface area contributed by atoms with Gasteiger partial charge in [-0.1, -0.05) is 26.7 Å². The Bertz CT molecular complexity index is 337. The van der Waals surface area contributed by atoms with E-state index < -0.39 is 0 Å². The Morgan fingerprint density at radius 3 is 2.65 bits per heavy atom. The first kappa shape index (κ1) is 12.6. The minimum absolute atomic E-state index is 0.486. The van der Waals surface area contributed by atoms with Crippen molar-refractivity contribution in [1.29, 1.82) is 0 Å². The van der Waals surface area contributed by atoms with E-state index in [4.69, 9.17) is 0 Å². The largest absolute Gasteiger partial charge is 0.336 e. The summed E-state index contributed by atoms with van der Waals surface area (Å²) in [5, 5.41) is 3.65. The van der Waals surface area contributed by atoms with Crippen LogP contribution in [0.1, 0.15) is 51.3 Å². The summed E-state index contributed by atoms with van der Waals surface area (Å²) in [6.45, 7) is 5.60. The molecule has 0 aromatic carbocycles. The van der Waals surface area contributed by atoms with Gasteiger partial charge in [0.1, 0.15) is 0 Å². The zero-order valence-corrected chi connectivity index (χ0v) is 11.3. The molecule has 3 heteroatoms. The SMILES string of the molecule is CCNC(c1cncn1C)C1CCC(C)CC1. The fourth-order valence-electron chi connectivity index (χ4n) is 3.02. The van der Waals surface area contributed by atoms with Gasteiger partial charge >= 0.3 is 0 Å². The van der Waals surface area contributed by atoms with E-state index in [-0.39, 0.29) is 0 Å². The summed E-state index contributed by atoms with van der Waals surface area (Å²) >= 11 is 0. The van der Waals surface area contributed by atoms with Crippen LogP contribution in [0.5, 0.6) is 0 Å². The lowest BCUT2D eigenvalue weighted by atomic mass is 9.78. The standard InChI is InChI=1S/C14H25N3/c1-4-16-14(13-9-15-10-17(13)3)12-7-5-11(2)6-8-12/h9-12,14,16H,4-8H2,1-3H3. The van der Waals surface area contributed by atoms with E-state index >= 15 is 0 Å². The summed E-state index contributed by atoms with van der Waals surface area (Å²) in [5.41, 5.74) is 1.34. The lowest BCUT2D eigenvalue weighted by Crippen LogP contribution is -2.32. The Hall–Kier alpha value is -0.830. The van der Waals surface area contributed by atoms with E-state index in [1.807, 2.05) is 12.5 Å². The van der Waals surface area contributed by atoms with E-state index in [9.17, 15) is 0 Å². The predicted molar refractivity (Wildman–Crippen MR) is 70.7 cm³/mol. The molecule has 1 aromatic heterocycles. The molecule has 2 rings (SSSR count). The summed E-state index contributed by atoms with van der Waals surface area (Å²) in [7, 11) is 2.10. The summed E-state index contributed by atoms with van der Waals surface area (Å²) in [6, 6.07) is 0.486. The fraction of sp³-hybridized carbons (Fsp3) is 0.786. The first-order valence-corrected chi connectivity index (χ1v) is 6.92. The minimum atomic E-state index is 0.486. The molecular weight excluding hydrogens is 210 g/mol. The summed E-state index contributed by atoms with van der Waals surface area (Å²) < 4.78 is 2.16. The predicted octanol–water partition coefficient (Wildman–Crippen LogP) is 2.90. The summed E-state index contributed by atoms with van der Waals surface area (Å²) in [4.78, 5) is 4.26. The number of rotatable bonds is 4. The molecule has 17 heavy (non-hydrogen) atoms. The molecule has 1 N–H and O–H groups in total. The van der Waals surface area contributed by atoms with Crippen molar-refractivity contribution in [2.45, 2.75) is 45.6 Å². The second kappa shape index (κ2) is 5.67. The maximum atomic E-state index is 4.26. The number of nitrogens with one attached hydrogen (secondary N) is 1. The number of hydrogen-bond acceptors (Lipinski definition) is 2. The van der Waals surface area contributed by atoms with Gasteiger partial charge in [0.15, 0.2) is 0 Å². The molecule has 1 fully saturated rings. The van der Waals surface area contributed by atoms with E-state index in [0.717, 1.165) is 18.4 Å². The fourth-order valence-corrected chi connectivity index (χ4v) is 3.02. The molecule has 0 spiro atoms. The first-order valence-electron chi connectivity index (χ1n) is 6.92. The van der Waals surface area contributed by atoms with Gasteiger partial charge in [-0.25, -0.2) is 4.98 Å². The molecule has 1 atom stereocenters. The number of hydrogen-bond donors (Lipinski definition) is 1. The van der Waals surface area contributed by atoms with Crippen LogP contribution in [0.4, 0.5) is 0 Å². The molecule has 96 valence electrons. The third-order valence-electron chi connectivity index (χ3n) is 4.13. The first-order chi connectivity index (χ1) is 8.22. The highest BCUT2D eigenvalue weighted by molar-refractivity contribution is 5.07. The lowest BCUT2D eigenvalue weighted by Gasteiger charge is -2.33. The van der Waals surface area contributed by atoms with Crippen LogP contribution < -0.4 is 5.32 Å². The van der Waals surface area contributed by atoms with Gasteiger partial charge in [-0.3, -0.25) is 0 Å². The highest BCUT2D eigenvalue weighted by Gasteiger charge is 2.28. The minimum Gasteiger partial charge on any atom is -0.336 e. The normalized spacial score (nSPS) is 27.0. The lowest BCUT2D eigenvalue weighted by molar-refractivity contribution is 0.228. The van der Waals surface area contributed by atoms with Crippen LogP contribution in [0.3, 0.4) is 0 Å². The van der Waals surface area contributed by atoms with Crippen molar-refractivity contribution in [3.05, 3.63) is 18.2 Å². The van der Waals surface area contributed by atoms with Crippen molar-refractivity contribution in [2.24, 2.45) is 18.9 Å². The van der Waals surface area contributed by atoms with Crippen molar-refractivity contribution in [3.63, 3.8) is 0 Å². The number of nitrogens with zero attached hydrogens (tertiary/aromatic N) is 2. The van der Waals surface area contributed by atoms with Crippen LogP contribution in [-0.2, 0) is 7.05 Å². The van der Waals surface area contributed by atoms with Gasteiger partial charge < -0.3 is 9.88 Å². The third kappa shape index (κ3) is 2.89. The highest BCUT2D eigenvalue weighted by atomic mass is 15.1. The summed E-state index contributed by atoms with van der Waals surface area (Å²) in [5.74, 6) is 1.70. The Labute approximate surface area is 105 Å². The van der Waals surface area contributed by atoms with E-state index in [0.29, 0.717) is 6.04 Å². The third-order valence-corrected chi connectivity index (χ3v) is 4.13. The Morgan fingerprint density at radius 2 is 2.12 bits per heavy atom. The topological polar surface area (TPSA) is 29.9 Å². The van der Waals surface area contributed by atoms with Crippen molar-refractivity contribution in [3.8, 4) is 0 Å². The molecule has 0 amide bonds. The number of aryl methyl sites for hydroxylation is 1. The molecule has 1 heterocycles. The van der Waals surface area contributed by atoms with Crippen molar-refractivity contribution < 1.29 is 0 Å². The smallest absolute Gasteiger partial charge is 0.0946 e. The van der Waals surface area contributed by atoms with Crippen LogP contribution >= 0.6 is 0 Å². The van der Waals surface area contributed by atoms with E-state index in [1.165, 1.54) is 31.4 Å². The van der Waals surface area contributed by atoms with Crippen LogP contribution in [-0.4, -0.2) is 16.1 Å². The average molecular weight is 235 g/mol. The zero-order chi connectivity index (χ0) is 12.3. The molecule has 0 aliphatic heterocycles. The highest BCUT2D eigenvalue weighted by Crippen LogP contribution is 2.36. The Kier molecular flexibility index (Phi) is 4.21. The van der Waals surface area contributed by atoms with Crippen LogP contribution in [0.2, 0.25) is 0 Å². The molecule has 1 saturated carbocycles. The summed E-state index contributed by atoms with van der Waals surface area (Å²) in [6.07, 6.45) is 9.39. The molecule has 1 aliphatic carbocycles. The number of aromatic nitrogens is 2. The zero-order valence-electron chi connectivity index (χ0n) is 11.3. The molecule has 1 aromatic rings. The van der Waals surface area contributed by atoms with Gasteiger partial charge in [0.2, 0.25) is 0 Å². The maximum absolute atomic E-state index is 4.26. The van der Waals surface area contributed by atoms with Gasteiger partial charge in [0, 0.05) is 13.2 Å². The maximum Gasteiger partial charge on any atom is 0.0946 e. The molecule has 1 aliphatic rings. The van der Waals surface area contributed by atoms with Crippen molar-refractivity contribution >= 4 is 0 Å². The van der Waals surface area contributed by atoms with Gasteiger partial charge in [-0.05, 0) is 31.2 Å². The van der Waals surface area contributed by atoms with Crippen LogP contribution in [0.15, 0.2) is 12.5 Å². The van der Waals surface area contributed by atoms with Gasteiger partial charge in [-0.2, -0.15) is 0 Å². The molecule has 0 bridgehead atoms. The van der Waals surface area contributed by atoms with Gasteiger partial charge in [0.25, 0.3) is 0 Å². The van der Waals surface area contributed by atoms with E-state index in [1.54, 1.807) is 0 Å². The monoisotopic (exact) mass is 235 g/mol. The van der Waals surface area contributed by atoms with Gasteiger partial charge in [-0.15, -0.1) is 0 Å². The Balaban J connectivity index is 2.09. The average Bonchev–Trinajstić information content (AvgIpc) is 2.74. The van der Waals surface area contributed by atoms with Crippen LogP contribution in [0, 0.1) is 11.8 Å². The van der Waals surface area contributed by atoms with Crippen LogP contribution in [0.25, 0.3) is 0 Å². The Morgan fingerprint density at radius 1 is 1.41 bits per heavy atom. The second-order valence-electron chi connectivity index (χ2n) is 5.48. The second-order valence-corrected chi connectivity index (χ2v) is 5.48. The van der Waals surface area contributed by atoms with Crippen molar-refractivity contribution in [2.75, 3.05) is 6.54 Å². The van der Waals surface area contributed by atoms with E-state index in [2.05, 4.69) is 35.8 Å². The molecular formula is C14H25N3. The molecule has 1 unspecified atom stereocenters. The molecule has 0 saturated heterocycles. The molecule has 0 radical (unpaired) electrons. The quantitative estimate of drug-likeness (QED) is 0.869. The molecule has 3 nitrogen and oxygen atoms in total.